The second-order valence-corrected chi connectivity index (χ2v) is 7.24. The van der Waals surface area contributed by atoms with Gasteiger partial charge in [-0.05, 0) is 30.3 Å². The Labute approximate surface area is 164 Å². The van der Waals surface area contributed by atoms with Crippen LogP contribution < -0.4 is 10.6 Å². The molecule has 9 heteroatoms. The van der Waals surface area contributed by atoms with Crippen LogP contribution in [0.25, 0.3) is 11.4 Å². The zero-order chi connectivity index (χ0) is 17.8. The summed E-state index contributed by atoms with van der Waals surface area (Å²) in [6, 6.07) is 12.4. The number of aromatic nitrogens is 3. The van der Waals surface area contributed by atoms with Gasteiger partial charge >= 0.3 is 0 Å². The van der Waals surface area contributed by atoms with E-state index in [9.17, 15) is 0 Å². The molecule has 0 bridgehead atoms. The van der Waals surface area contributed by atoms with Gasteiger partial charge in [0.2, 0.25) is 5.16 Å². The lowest BCUT2D eigenvalue weighted by Crippen LogP contribution is -2.12. The van der Waals surface area contributed by atoms with Gasteiger partial charge in [-0.2, -0.15) is 0 Å². The number of para-hydroxylation sites is 1. The number of halogens is 3. The minimum absolute atomic E-state index is 0.457. The summed E-state index contributed by atoms with van der Waals surface area (Å²) >= 11 is 19.6. The summed E-state index contributed by atoms with van der Waals surface area (Å²) in [7, 11) is 0. The highest BCUT2D eigenvalue weighted by Gasteiger charge is 2.15. The van der Waals surface area contributed by atoms with Gasteiger partial charge in [0.25, 0.3) is 0 Å². The lowest BCUT2D eigenvalue weighted by molar-refractivity contribution is 0.344. The molecule has 0 radical (unpaired) electrons. The highest BCUT2D eigenvalue weighted by atomic mass is 35.5. The van der Waals surface area contributed by atoms with Crippen molar-refractivity contribution in [2.45, 2.75) is 5.16 Å². The monoisotopic (exact) mass is 414 g/mol. The SMILES string of the molecule is Nn1c(SCCOc2ccccc2Cl)nnc1-c1ccc(Cl)cc1Cl. The van der Waals surface area contributed by atoms with E-state index in [1.54, 1.807) is 24.3 Å². The van der Waals surface area contributed by atoms with Gasteiger partial charge in [-0.3, -0.25) is 0 Å². The van der Waals surface area contributed by atoms with Gasteiger partial charge in [-0.25, -0.2) is 4.68 Å². The molecule has 3 rings (SSSR count). The first kappa shape index (κ1) is 18.2. The molecule has 0 saturated carbocycles. The maximum Gasteiger partial charge on any atom is 0.210 e. The zero-order valence-corrected chi connectivity index (χ0v) is 15.9. The van der Waals surface area contributed by atoms with E-state index in [1.165, 1.54) is 16.4 Å². The average molecular weight is 416 g/mol. The number of hydrogen-bond acceptors (Lipinski definition) is 5. The third-order valence-electron chi connectivity index (χ3n) is 3.25. The van der Waals surface area contributed by atoms with Crippen molar-refractivity contribution in [2.75, 3.05) is 18.2 Å². The predicted molar refractivity (Wildman–Crippen MR) is 103 cm³/mol. The van der Waals surface area contributed by atoms with Gasteiger partial charge in [0.05, 0.1) is 16.7 Å². The van der Waals surface area contributed by atoms with Crippen LogP contribution in [-0.4, -0.2) is 27.2 Å². The third-order valence-corrected chi connectivity index (χ3v) is 5.01. The van der Waals surface area contributed by atoms with Crippen LogP contribution in [0.1, 0.15) is 0 Å². The Balaban J connectivity index is 1.63. The fourth-order valence-electron chi connectivity index (χ4n) is 2.08. The molecule has 0 atom stereocenters. The molecule has 0 fully saturated rings. The third kappa shape index (κ3) is 4.33. The number of nitrogens with zero attached hydrogens (tertiary/aromatic N) is 3. The molecule has 130 valence electrons. The van der Waals surface area contributed by atoms with E-state index in [1.807, 2.05) is 18.2 Å². The topological polar surface area (TPSA) is 66.0 Å². The van der Waals surface area contributed by atoms with Gasteiger partial charge in [0.15, 0.2) is 5.82 Å². The molecule has 1 aromatic heterocycles. The van der Waals surface area contributed by atoms with Gasteiger partial charge in [0, 0.05) is 16.3 Å². The summed E-state index contributed by atoms with van der Waals surface area (Å²) in [5.41, 5.74) is 0.667. The Morgan fingerprint density at radius 3 is 2.60 bits per heavy atom. The zero-order valence-electron chi connectivity index (χ0n) is 12.8. The predicted octanol–water partition coefficient (Wildman–Crippen LogP) is 4.79. The van der Waals surface area contributed by atoms with Crippen molar-refractivity contribution in [2.24, 2.45) is 0 Å². The maximum atomic E-state index is 6.19. The molecule has 0 aliphatic carbocycles. The minimum atomic E-state index is 0.457. The molecular weight excluding hydrogens is 403 g/mol. The standard InChI is InChI=1S/C16H13Cl3N4OS/c17-10-5-6-11(13(19)9-10)15-21-22-16(23(15)20)25-8-7-24-14-4-2-1-3-12(14)18/h1-6,9H,7-8,20H2. The lowest BCUT2D eigenvalue weighted by atomic mass is 10.2. The van der Waals surface area contributed by atoms with E-state index in [-0.39, 0.29) is 0 Å². The van der Waals surface area contributed by atoms with Crippen LogP contribution in [0.4, 0.5) is 0 Å². The Morgan fingerprint density at radius 1 is 1.04 bits per heavy atom. The summed E-state index contributed by atoms with van der Waals surface area (Å²) in [6.07, 6.45) is 0. The first-order valence-corrected chi connectivity index (χ1v) is 9.34. The van der Waals surface area contributed by atoms with Crippen LogP contribution in [-0.2, 0) is 0 Å². The summed E-state index contributed by atoms with van der Waals surface area (Å²) in [5, 5.41) is 10.3. The molecule has 0 amide bonds. The molecule has 2 aromatic carbocycles. The van der Waals surface area contributed by atoms with E-state index < -0.39 is 0 Å². The van der Waals surface area contributed by atoms with Crippen molar-refractivity contribution in [3.8, 4) is 17.1 Å². The number of benzene rings is 2. The second kappa shape index (κ2) is 8.19. The second-order valence-electron chi connectivity index (χ2n) is 4.93. The quantitative estimate of drug-likeness (QED) is 0.356. The lowest BCUT2D eigenvalue weighted by Gasteiger charge is -2.08. The Kier molecular flexibility index (Phi) is 5.96. The molecule has 0 unspecified atom stereocenters. The highest BCUT2D eigenvalue weighted by Crippen LogP contribution is 2.30. The van der Waals surface area contributed by atoms with Crippen LogP contribution in [0.5, 0.6) is 5.75 Å². The van der Waals surface area contributed by atoms with Crippen molar-refractivity contribution < 1.29 is 4.74 Å². The largest absolute Gasteiger partial charge is 0.491 e. The Bertz CT molecular complexity index is 888. The van der Waals surface area contributed by atoms with E-state index in [4.69, 9.17) is 45.4 Å². The van der Waals surface area contributed by atoms with Crippen LogP contribution in [0, 0.1) is 0 Å². The smallest absolute Gasteiger partial charge is 0.210 e. The molecule has 5 nitrogen and oxygen atoms in total. The Morgan fingerprint density at radius 2 is 1.84 bits per heavy atom. The average Bonchev–Trinajstić information content (AvgIpc) is 2.94. The summed E-state index contributed by atoms with van der Waals surface area (Å²) in [6.45, 7) is 0.457. The molecule has 0 aliphatic rings. The Hall–Kier alpha value is -1.60. The molecule has 1 heterocycles. The van der Waals surface area contributed by atoms with Gasteiger partial charge in [0.1, 0.15) is 5.75 Å². The van der Waals surface area contributed by atoms with E-state index >= 15 is 0 Å². The van der Waals surface area contributed by atoms with Crippen molar-refractivity contribution in [1.82, 2.24) is 14.9 Å². The van der Waals surface area contributed by atoms with E-state index in [0.717, 1.165) is 0 Å². The summed E-state index contributed by atoms with van der Waals surface area (Å²) in [5.74, 6) is 7.83. The van der Waals surface area contributed by atoms with Gasteiger partial charge in [-0.1, -0.05) is 58.7 Å². The van der Waals surface area contributed by atoms with Gasteiger partial charge < -0.3 is 10.6 Å². The van der Waals surface area contributed by atoms with E-state index in [0.29, 0.717) is 49.7 Å². The minimum Gasteiger partial charge on any atom is -0.491 e. The molecule has 0 saturated heterocycles. The molecule has 0 aliphatic heterocycles. The number of thioether (sulfide) groups is 1. The molecule has 2 N–H and O–H groups in total. The summed E-state index contributed by atoms with van der Waals surface area (Å²) < 4.78 is 7.03. The highest BCUT2D eigenvalue weighted by molar-refractivity contribution is 7.99. The molecule has 0 spiro atoms. The number of hydrogen-bond donors (Lipinski definition) is 1. The van der Waals surface area contributed by atoms with Crippen LogP contribution in [0.3, 0.4) is 0 Å². The fraction of sp³-hybridized carbons (Fsp3) is 0.125. The van der Waals surface area contributed by atoms with Gasteiger partial charge in [-0.15, -0.1) is 10.2 Å². The number of nitrogens with two attached hydrogens (primary N) is 1. The van der Waals surface area contributed by atoms with E-state index in [2.05, 4.69) is 10.2 Å². The first-order chi connectivity index (χ1) is 12.1. The number of rotatable bonds is 6. The molecule has 25 heavy (non-hydrogen) atoms. The number of ether oxygens (including phenoxy) is 1. The van der Waals surface area contributed by atoms with Crippen LogP contribution >= 0.6 is 46.6 Å². The molecule has 3 aromatic rings. The maximum absolute atomic E-state index is 6.19. The van der Waals surface area contributed by atoms with Crippen molar-refractivity contribution >= 4 is 46.6 Å². The molecular formula is C16H13Cl3N4OS. The van der Waals surface area contributed by atoms with Crippen LogP contribution in [0.15, 0.2) is 47.6 Å². The fourth-order valence-corrected chi connectivity index (χ4v) is 3.43. The normalized spacial score (nSPS) is 10.8. The van der Waals surface area contributed by atoms with Crippen molar-refractivity contribution in [1.29, 1.82) is 0 Å². The van der Waals surface area contributed by atoms with Crippen LogP contribution in [0.2, 0.25) is 15.1 Å². The number of nitrogen functional groups attached to an aromatic ring is 1. The van der Waals surface area contributed by atoms with Crippen molar-refractivity contribution in [3.05, 3.63) is 57.5 Å². The van der Waals surface area contributed by atoms with Crippen molar-refractivity contribution in [3.63, 3.8) is 0 Å². The summed E-state index contributed by atoms with van der Waals surface area (Å²) in [4.78, 5) is 0. The first-order valence-electron chi connectivity index (χ1n) is 7.22.